The highest BCUT2D eigenvalue weighted by Gasteiger charge is 2.39. The van der Waals surface area contributed by atoms with Gasteiger partial charge in [-0.1, -0.05) is 58.8 Å². The lowest BCUT2D eigenvalue weighted by Crippen LogP contribution is -2.48. The molecule has 0 radical (unpaired) electrons. The number of ether oxygens (including phenoxy) is 1. The molecule has 1 saturated heterocycles. The molecule has 1 atom stereocenters. The van der Waals surface area contributed by atoms with E-state index in [1.807, 2.05) is 66.6 Å². The largest absolute Gasteiger partial charge is 0.468 e. The van der Waals surface area contributed by atoms with Crippen LogP contribution in [0.1, 0.15) is 22.4 Å². The topological polar surface area (TPSA) is 97.6 Å². The fourth-order valence-electron chi connectivity index (χ4n) is 4.03. The first kappa shape index (κ1) is 25.3. The van der Waals surface area contributed by atoms with E-state index in [1.54, 1.807) is 4.68 Å². The van der Waals surface area contributed by atoms with Crippen LogP contribution in [0.25, 0.3) is 0 Å². The zero-order valence-electron chi connectivity index (χ0n) is 19.7. The van der Waals surface area contributed by atoms with Crippen molar-refractivity contribution in [3.8, 4) is 0 Å². The van der Waals surface area contributed by atoms with Crippen LogP contribution >= 0.6 is 11.6 Å². The molecule has 0 aliphatic carbocycles. The van der Waals surface area contributed by atoms with Gasteiger partial charge in [-0.05, 0) is 30.2 Å². The van der Waals surface area contributed by atoms with E-state index in [0.29, 0.717) is 23.8 Å². The molecule has 2 aromatic carbocycles. The van der Waals surface area contributed by atoms with Gasteiger partial charge in [0.05, 0.1) is 31.3 Å². The molecule has 0 spiro atoms. The van der Waals surface area contributed by atoms with Gasteiger partial charge in [0.1, 0.15) is 6.04 Å². The Morgan fingerprint density at radius 2 is 1.71 bits per heavy atom. The molecular formula is C24H28ClN5O4S. The molecule has 1 aliphatic rings. The number of carbonyl (C=O) groups is 1. The van der Waals surface area contributed by atoms with Crippen LogP contribution in [0.4, 0.5) is 0 Å². The number of nitrogens with zero attached hydrogens (tertiary/aromatic N) is 5. The van der Waals surface area contributed by atoms with Crippen molar-refractivity contribution in [2.24, 2.45) is 0 Å². The maximum atomic E-state index is 13.2. The first-order valence-electron chi connectivity index (χ1n) is 11.2. The van der Waals surface area contributed by atoms with Gasteiger partial charge in [0, 0.05) is 31.2 Å². The molecule has 0 amide bonds. The maximum Gasteiger partial charge on any atom is 0.325 e. The second-order valence-electron chi connectivity index (χ2n) is 8.65. The third-order valence-electron chi connectivity index (χ3n) is 5.96. The van der Waals surface area contributed by atoms with Gasteiger partial charge in [-0.25, -0.2) is 13.1 Å². The summed E-state index contributed by atoms with van der Waals surface area (Å²) in [4.78, 5) is 14.6. The minimum absolute atomic E-state index is 0.105. The SMILES string of the molecule is COC(=O)C1CN(Cc2cn(Cc3ccc(Cl)cc3)nn2)CCS(=O)(=O)N1Cc1ccc(C)cc1. The molecule has 9 nitrogen and oxygen atoms in total. The number of carbonyl (C=O) groups excluding carboxylic acids is 1. The Morgan fingerprint density at radius 1 is 1.06 bits per heavy atom. The van der Waals surface area contributed by atoms with Crippen molar-refractivity contribution < 1.29 is 17.9 Å². The fraction of sp³-hybridized carbons (Fsp3) is 0.375. The Morgan fingerprint density at radius 3 is 2.40 bits per heavy atom. The first-order valence-corrected chi connectivity index (χ1v) is 13.2. The second-order valence-corrected chi connectivity index (χ2v) is 11.1. The number of benzene rings is 2. The van der Waals surface area contributed by atoms with Crippen molar-refractivity contribution >= 4 is 27.6 Å². The molecule has 1 aromatic heterocycles. The van der Waals surface area contributed by atoms with Crippen molar-refractivity contribution in [3.63, 3.8) is 0 Å². The van der Waals surface area contributed by atoms with E-state index in [0.717, 1.165) is 16.7 Å². The number of halogens is 1. The predicted octanol–water partition coefficient (Wildman–Crippen LogP) is 2.48. The van der Waals surface area contributed by atoms with Crippen LogP contribution in [0, 0.1) is 6.92 Å². The number of hydrogen-bond donors (Lipinski definition) is 0. The van der Waals surface area contributed by atoms with Crippen LogP contribution < -0.4 is 0 Å². The summed E-state index contributed by atoms with van der Waals surface area (Å²) in [5.74, 6) is -0.690. The number of esters is 1. The van der Waals surface area contributed by atoms with E-state index in [4.69, 9.17) is 16.3 Å². The van der Waals surface area contributed by atoms with E-state index in [9.17, 15) is 13.2 Å². The lowest BCUT2D eigenvalue weighted by atomic mass is 10.1. The molecule has 3 aromatic rings. The summed E-state index contributed by atoms with van der Waals surface area (Å²) in [7, 11) is -2.42. The smallest absolute Gasteiger partial charge is 0.325 e. The Bertz CT molecular complexity index is 1260. The maximum absolute atomic E-state index is 13.2. The van der Waals surface area contributed by atoms with Crippen LogP contribution in [0.5, 0.6) is 0 Å². The summed E-state index contributed by atoms with van der Waals surface area (Å²) in [6.07, 6.45) is 1.82. The molecule has 0 bridgehead atoms. The van der Waals surface area contributed by atoms with E-state index < -0.39 is 22.0 Å². The van der Waals surface area contributed by atoms with Gasteiger partial charge in [0.25, 0.3) is 0 Å². The predicted molar refractivity (Wildman–Crippen MR) is 132 cm³/mol. The molecule has 1 fully saturated rings. The van der Waals surface area contributed by atoms with Crippen molar-refractivity contribution in [3.05, 3.63) is 82.1 Å². The summed E-state index contributed by atoms with van der Waals surface area (Å²) in [6.45, 7) is 3.43. The minimum atomic E-state index is -3.70. The van der Waals surface area contributed by atoms with Crippen LogP contribution in [-0.4, -0.2) is 70.6 Å². The van der Waals surface area contributed by atoms with Crippen LogP contribution in [-0.2, 0) is 39.2 Å². The number of sulfonamides is 1. The molecule has 2 heterocycles. The molecule has 35 heavy (non-hydrogen) atoms. The molecule has 1 unspecified atom stereocenters. The second kappa shape index (κ2) is 10.9. The van der Waals surface area contributed by atoms with Crippen LogP contribution in [0.2, 0.25) is 5.02 Å². The Balaban J connectivity index is 1.50. The number of methoxy groups -OCH3 is 1. The number of hydrogen-bond acceptors (Lipinski definition) is 7. The van der Waals surface area contributed by atoms with Gasteiger partial charge in [0.15, 0.2) is 0 Å². The average molecular weight is 518 g/mol. The fourth-order valence-corrected chi connectivity index (χ4v) is 5.77. The Labute approximate surface area is 210 Å². The van der Waals surface area contributed by atoms with Crippen molar-refractivity contribution in [1.82, 2.24) is 24.2 Å². The summed E-state index contributed by atoms with van der Waals surface area (Å²) < 4.78 is 34.3. The van der Waals surface area contributed by atoms with Crippen LogP contribution in [0.15, 0.2) is 54.7 Å². The summed E-state index contributed by atoms with van der Waals surface area (Å²) in [5, 5.41) is 9.10. The van der Waals surface area contributed by atoms with Gasteiger partial charge in [-0.15, -0.1) is 5.10 Å². The molecule has 0 N–H and O–H groups in total. The summed E-state index contributed by atoms with van der Waals surface area (Å²) >= 11 is 5.95. The van der Waals surface area contributed by atoms with Crippen molar-refractivity contribution in [1.29, 1.82) is 0 Å². The third kappa shape index (κ3) is 6.46. The highest BCUT2D eigenvalue weighted by atomic mass is 35.5. The van der Waals surface area contributed by atoms with E-state index in [-0.39, 0.29) is 25.4 Å². The minimum Gasteiger partial charge on any atom is -0.468 e. The van der Waals surface area contributed by atoms with Crippen molar-refractivity contribution in [2.45, 2.75) is 32.6 Å². The standard InChI is InChI=1S/C24H28ClN5O4S/c1-18-3-5-20(6-4-18)14-30-23(24(31)34-2)17-28(11-12-35(30,32)33)15-22-16-29(27-26-22)13-19-7-9-21(25)10-8-19/h3-10,16,23H,11-15,17H2,1-2H3. The molecule has 4 rings (SSSR count). The highest BCUT2D eigenvalue weighted by molar-refractivity contribution is 7.89. The Kier molecular flexibility index (Phi) is 7.85. The highest BCUT2D eigenvalue weighted by Crippen LogP contribution is 2.21. The van der Waals surface area contributed by atoms with Gasteiger partial charge in [0.2, 0.25) is 10.0 Å². The molecule has 1 aliphatic heterocycles. The zero-order valence-corrected chi connectivity index (χ0v) is 21.2. The van der Waals surface area contributed by atoms with Gasteiger partial charge >= 0.3 is 5.97 Å². The van der Waals surface area contributed by atoms with E-state index >= 15 is 0 Å². The molecular weight excluding hydrogens is 490 g/mol. The monoisotopic (exact) mass is 517 g/mol. The average Bonchev–Trinajstić information content (AvgIpc) is 3.23. The van der Waals surface area contributed by atoms with Gasteiger partial charge in [-0.3, -0.25) is 9.69 Å². The van der Waals surface area contributed by atoms with Crippen molar-refractivity contribution in [2.75, 3.05) is 26.0 Å². The summed E-state index contributed by atoms with van der Waals surface area (Å²) in [6, 6.07) is 14.1. The molecule has 0 saturated carbocycles. The lowest BCUT2D eigenvalue weighted by Gasteiger charge is -2.28. The number of aromatic nitrogens is 3. The van der Waals surface area contributed by atoms with E-state index in [1.165, 1.54) is 11.4 Å². The molecule has 186 valence electrons. The van der Waals surface area contributed by atoms with Gasteiger partial charge in [-0.2, -0.15) is 4.31 Å². The quantitative estimate of drug-likeness (QED) is 0.444. The zero-order chi connectivity index (χ0) is 25.0. The first-order chi connectivity index (χ1) is 16.7. The normalized spacial score (nSPS) is 18.8. The molecule has 11 heteroatoms. The summed E-state index contributed by atoms with van der Waals surface area (Å²) in [5.41, 5.74) is 3.61. The Hall–Kier alpha value is -2.79. The lowest BCUT2D eigenvalue weighted by molar-refractivity contribution is -0.145. The van der Waals surface area contributed by atoms with E-state index in [2.05, 4.69) is 10.3 Å². The van der Waals surface area contributed by atoms with Crippen LogP contribution in [0.3, 0.4) is 0 Å². The van der Waals surface area contributed by atoms with Gasteiger partial charge < -0.3 is 4.74 Å². The number of rotatable bonds is 7. The third-order valence-corrected chi connectivity index (χ3v) is 8.01. The number of aryl methyl sites for hydroxylation is 1.